The van der Waals surface area contributed by atoms with Crippen molar-refractivity contribution >= 4 is 29.0 Å². The van der Waals surface area contributed by atoms with E-state index >= 15 is 0 Å². The summed E-state index contributed by atoms with van der Waals surface area (Å²) >= 11 is 0. The molecule has 2 aromatic heterocycles. The van der Waals surface area contributed by atoms with E-state index in [0.29, 0.717) is 0 Å². The molecule has 0 radical (unpaired) electrons. The first kappa shape index (κ1) is 29.6. The number of azo groups is 1. The van der Waals surface area contributed by atoms with Gasteiger partial charge in [-0.15, -0.1) is 0 Å². The smallest absolute Gasteiger partial charge is 0.171 e. The van der Waals surface area contributed by atoms with Crippen LogP contribution in [0, 0.1) is 13.8 Å². The number of pyridine rings is 2. The molecule has 0 aliphatic rings. The van der Waals surface area contributed by atoms with Crippen molar-refractivity contribution in [2.75, 3.05) is 31.1 Å². The third-order valence-electron chi connectivity index (χ3n) is 7.14. The summed E-state index contributed by atoms with van der Waals surface area (Å²) in [7, 11) is 6.07. The van der Waals surface area contributed by atoms with Gasteiger partial charge in [-0.05, 0) is 62.1 Å². The van der Waals surface area contributed by atoms with E-state index in [0.717, 1.165) is 53.3 Å². The van der Waals surface area contributed by atoms with Crippen LogP contribution in [-0.2, 0) is 13.1 Å². The van der Waals surface area contributed by atoms with Crippen LogP contribution in [0.25, 0.3) is 0 Å². The van der Waals surface area contributed by atoms with Gasteiger partial charge < -0.3 is 4.90 Å². The van der Waals surface area contributed by atoms with E-state index in [1.807, 2.05) is 60.7 Å². The highest BCUT2D eigenvalue weighted by atomic mass is 15.4. The Kier molecular flexibility index (Phi) is 10.7. The molecule has 2 heterocycles. The van der Waals surface area contributed by atoms with E-state index in [-0.39, 0.29) is 0 Å². The van der Waals surface area contributed by atoms with Crippen molar-refractivity contribution in [2.24, 2.45) is 15.3 Å². The lowest BCUT2D eigenvalue weighted by atomic mass is 10.1. The number of hydrogen-bond acceptors (Lipinski definition) is 5. The van der Waals surface area contributed by atoms with Crippen LogP contribution >= 0.6 is 0 Å². The summed E-state index contributed by atoms with van der Waals surface area (Å²) in [6.45, 7) is 6.22. The number of para-hydroxylation sites is 1. The number of anilines is 2. The number of aromatic nitrogens is 2. The number of unbranched alkanes of at least 4 members (excludes halogenated alkanes) is 3. The number of aryl methyl sites for hydroxylation is 4. The van der Waals surface area contributed by atoms with Gasteiger partial charge in [-0.1, -0.05) is 18.2 Å². The number of nitrogens with zero attached hydrogens (tertiary/aromatic N) is 7. The van der Waals surface area contributed by atoms with Crippen molar-refractivity contribution in [3.63, 3.8) is 0 Å². The van der Waals surface area contributed by atoms with Crippen molar-refractivity contribution in [1.29, 1.82) is 0 Å². The standard InChI is InChI=1S/C34H43N7/c1-28-25-33(38(3)4)26-29(2)34(28)37-36-31-17-23-41(24-18-31)20-12-7-6-11-19-40-21-15-30(16-22-40)27-35-39(5)32-13-9-8-10-14-32/h8-10,13-18,21-27H,6-7,11-12,19-20H2,1-5H3/q+2. The molecule has 0 unspecified atom stereocenters. The minimum absolute atomic E-state index is 0.870. The van der Waals surface area contributed by atoms with Crippen LogP contribution in [-0.4, -0.2) is 27.4 Å². The van der Waals surface area contributed by atoms with Crippen molar-refractivity contribution < 1.29 is 9.13 Å². The number of rotatable bonds is 13. The first-order valence-electron chi connectivity index (χ1n) is 14.4. The van der Waals surface area contributed by atoms with E-state index in [1.54, 1.807) is 0 Å². The van der Waals surface area contributed by atoms with Crippen LogP contribution in [0.4, 0.5) is 22.7 Å². The molecule has 0 N–H and O–H groups in total. The number of hydrazone groups is 1. The SMILES string of the molecule is Cc1cc(N(C)C)cc(C)c1N=Nc1cc[n+](CCCCCC[n+]2ccc(C=NN(C)c3ccccc3)cc2)cc1. The Labute approximate surface area is 245 Å². The number of hydrogen-bond donors (Lipinski definition) is 0. The maximum absolute atomic E-state index is 4.55. The molecule has 0 bridgehead atoms. The summed E-state index contributed by atoms with van der Waals surface area (Å²) in [6.07, 6.45) is 15.1. The molecule has 7 heteroatoms. The second-order valence-electron chi connectivity index (χ2n) is 10.7. The molecule has 0 aliphatic carbocycles. The van der Waals surface area contributed by atoms with Gasteiger partial charge in [-0.3, -0.25) is 5.01 Å². The summed E-state index contributed by atoms with van der Waals surface area (Å²) in [5.74, 6) is 0. The summed E-state index contributed by atoms with van der Waals surface area (Å²) in [5, 5.41) is 15.5. The zero-order valence-electron chi connectivity index (χ0n) is 25.1. The van der Waals surface area contributed by atoms with Crippen LogP contribution in [0.1, 0.15) is 42.4 Å². The normalized spacial score (nSPS) is 11.4. The zero-order chi connectivity index (χ0) is 29.0. The lowest BCUT2D eigenvalue weighted by molar-refractivity contribution is -0.698. The molecule has 0 atom stereocenters. The second kappa shape index (κ2) is 14.8. The molecule has 4 rings (SSSR count). The molecule has 2 aromatic carbocycles. The predicted molar refractivity (Wildman–Crippen MR) is 169 cm³/mol. The summed E-state index contributed by atoms with van der Waals surface area (Å²) in [4.78, 5) is 2.11. The Balaban J connectivity index is 1.15. The Morgan fingerprint density at radius 2 is 1.22 bits per heavy atom. The first-order valence-corrected chi connectivity index (χ1v) is 14.4. The van der Waals surface area contributed by atoms with E-state index in [9.17, 15) is 0 Å². The van der Waals surface area contributed by atoms with Crippen molar-refractivity contribution in [2.45, 2.75) is 52.6 Å². The molecule has 0 fully saturated rings. The molecule has 0 saturated heterocycles. The maximum atomic E-state index is 4.55. The lowest BCUT2D eigenvalue weighted by Crippen LogP contribution is -2.33. The molecule has 0 saturated carbocycles. The van der Waals surface area contributed by atoms with Gasteiger partial charge in [-0.25, -0.2) is 9.13 Å². The van der Waals surface area contributed by atoms with Crippen LogP contribution < -0.4 is 19.0 Å². The molecule has 0 aliphatic heterocycles. The second-order valence-corrected chi connectivity index (χ2v) is 10.7. The Bertz CT molecular complexity index is 1400. The minimum Gasteiger partial charge on any atom is -0.378 e. The van der Waals surface area contributed by atoms with Gasteiger partial charge in [-0.2, -0.15) is 15.3 Å². The summed E-state index contributed by atoms with van der Waals surface area (Å²) in [6, 6.07) is 22.8. The van der Waals surface area contributed by atoms with E-state index in [2.05, 4.69) is 106 Å². The molecule has 0 spiro atoms. The third kappa shape index (κ3) is 9.07. The minimum atomic E-state index is 0.870. The van der Waals surface area contributed by atoms with Crippen molar-refractivity contribution in [3.8, 4) is 0 Å². The topological polar surface area (TPSA) is 51.3 Å². The molecule has 4 aromatic rings. The zero-order valence-corrected chi connectivity index (χ0v) is 25.1. The fourth-order valence-electron chi connectivity index (χ4n) is 4.63. The largest absolute Gasteiger partial charge is 0.378 e. The molecule has 7 nitrogen and oxygen atoms in total. The average Bonchev–Trinajstić information content (AvgIpc) is 2.98. The monoisotopic (exact) mass is 549 g/mol. The molecule has 0 amide bonds. The highest BCUT2D eigenvalue weighted by Crippen LogP contribution is 2.30. The van der Waals surface area contributed by atoms with Crippen molar-refractivity contribution in [3.05, 3.63) is 108 Å². The molecule has 212 valence electrons. The highest BCUT2D eigenvalue weighted by Gasteiger charge is 2.07. The molecular weight excluding hydrogens is 506 g/mol. The molecular formula is C34H43N7+2. The van der Waals surface area contributed by atoms with Gasteiger partial charge in [0.1, 0.15) is 13.1 Å². The fourth-order valence-corrected chi connectivity index (χ4v) is 4.63. The van der Waals surface area contributed by atoms with Crippen LogP contribution in [0.3, 0.4) is 0 Å². The van der Waals surface area contributed by atoms with E-state index < -0.39 is 0 Å². The van der Waals surface area contributed by atoms with E-state index in [4.69, 9.17) is 0 Å². The van der Waals surface area contributed by atoms with Gasteiger partial charge in [0, 0.05) is 69.5 Å². The predicted octanol–water partition coefficient (Wildman–Crippen LogP) is 7.09. The van der Waals surface area contributed by atoms with E-state index in [1.165, 1.54) is 24.9 Å². The average molecular weight is 550 g/mol. The summed E-state index contributed by atoms with van der Waals surface area (Å²) < 4.78 is 4.48. The van der Waals surface area contributed by atoms with Gasteiger partial charge in [0.25, 0.3) is 0 Å². The maximum Gasteiger partial charge on any atom is 0.171 e. The number of benzene rings is 2. The van der Waals surface area contributed by atoms with Crippen molar-refractivity contribution in [1.82, 2.24) is 0 Å². The Morgan fingerprint density at radius 1 is 0.659 bits per heavy atom. The first-order chi connectivity index (χ1) is 19.9. The van der Waals surface area contributed by atoms with Crippen LogP contribution in [0.2, 0.25) is 0 Å². The van der Waals surface area contributed by atoms with Gasteiger partial charge >= 0.3 is 0 Å². The molecule has 41 heavy (non-hydrogen) atoms. The van der Waals surface area contributed by atoms with Gasteiger partial charge in [0.2, 0.25) is 0 Å². The Hall–Kier alpha value is -4.39. The third-order valence-corrected chi connectivity index (χ3v) is 7.14. The van der Waals surface area contributed by atoms with Gasteiger partial charge in [0.15, 0.2) is 24.8 Å². The van der Waals surface area contributed by atoms with Crippen LogP contribution in [0.5, 0.6) is 0 Å². The summed E-state index contributed by atoms with van der Waals surface area (Å²) in [5.41, 5.74) is 7.43. The lowest BCUT2D eigenvalue weighted by Gasteiger charge is -2.15. The van der Waals surface area contributed by atoms with Gasteiger partial charge in [0.05, 0.1) is 23.3 Å². The highest BCUT2D eigenvalue weighted by molar-refractivity contribution is 5.79. The Morgan fingerprint density at radius 3 is 1.78 bits per heavy atom. The van der Waals surface area contributed by atoms with Crippen LogP contribution in [0.15, 0.2) is 107 Å². The quantitative estimate of drug-likeness (QED) is 0.0588. The fraction of sp³-hybridized carbons (Fsp3) is 0.324.